The minimum absolute atomic E-state index is 0.271. The first-order valence-electron chi connectivity index (χ1n) is 8.99. The van der Waals surface area contributed by atoms with E-state index < -0.39 is 0 Å². The predicted octanol–water partition coefficient (Wildman–Crippen LogP) is 3.50. The molecule has 1 amide bonds. The van der Waals surface area contributed by atoms with Crippen LogP contribution in [0.3, 0.4) is 0 Å². The van der Waals surface area contributed by atoms with E-state index in [-0.39, 0.29) is 17.2 Å². The molecule has 2 heterocycles. The Morgan fingerprint density at radius 3 is 2.80 bits per heavy atom. The van der Waals surface area contributed by atoms with Crippen LogP contribution < -0.4 is 5.73 Å². The van der Waals surface area contributed by atoms with E-state index in [1.54, 1.807) is 13.2 Å². The summed E-state index contributed by atoms with van der Waals surface area (Å²) in [6.07, 6.45) is 6.99. The zero-order valence-corrected chi connectivity index (χ0v) is 15.4. The van der Waals surface area contributed by atoms with E-state index in [4.69, 9.17) is 10.2 Å². The Bertz CT molecular complexity index is 757. The molecular formula is C18H24N4O2S. The first-order valence-corrected chi connectivity index (χ1v) is 9.87. The van der Waals surface area contributed by atoms with Crippen molar-refractivity contribution in [2.75, 3.05) is 0 Å². The highest BCUT2D eigenvalue weighted by atomic mass is 32.2. The normalized spacial score (nSPS) is 27.5. The second-order valence-corrected chi connectivity index (χ2v) is 8.70. The number of primary amides is 1. The van der Waals surface area contributed by atoms with Gasteiger partial charge in [0.2, 0.25) is 11.7 Å². The van der Waals surface area contributed by atoms with Crippen molar-refractivity contribution in [1.29, 1.82) is 0 Å². The number of nitrogens with zero attached hydrogens (tertiary/aromatic N) is 3. The van der Waals surface area contributed by atoms with Gasteiger partial charge < -0.3 is 10.2 Å². The topological polar surface area (TPSA) is 86.9 Å². The Kier molecular flexibility index (Phi) is 4.35. The zero-order valence-electron chi connectivity index (χ0n) is 14.6. The Morgan fingerprint density at radius 2 is 2.20 bits per heavy atom. The summed E-state index contributed by atoms with van der Waals surface area (Å²) >= 11 is 1.38. The van der Waals surface area contributed by atoms with E-state index >= 15 is 0 Å². The standard InChI is InChI=1S/C18H24N4O2S/c1-10(14-9-12-5-6-13(14)8-12)22-17(15-4-3-7-24-15)20-21-18(22)25-11(2)16(19)23/h3-4,7,10-14H,5-6,8-9H2,1-2H3,(H2,19,23)/t10-,11+,12+,13+,14-/m1/s1. The maximum absolute atomic E-state index is 11.5. The molecule has 25 heavy (non-hydrogen) atoms. The summed E-state index contributed by atoms with van der Waals surface area (Å²) in [5.74, 6) is 3.40. The molecule has 2 aromatic heterocycles. The Hall–Kier alpha value is -1.76. The molecule has 2 saturated carbocycles. The third kappa shape index (κ3) is 2.99. The smallest absolute Gasteiger partial charge is 0.230 e. The molecule has 6 nitrogen and oxygen atoms in total. The van der Waals surface area contributed by atoms with Crippen LogP contribution in [-0.2, 0) is 4.79 Å². The molecule has 2 bridgehead atoms. The minimum Gasteiger partial charge on any atom is -0.461 e. The number of thioether (sulfide) groups is 1. The molecule has 2 fully saturated rings. The molecule has 134 valence electrons. The van der Waals surface area contributed by atoms with Gasteiger partial charge in [-0.15, -0.1) is 10.2 Å². The molecule has 4 rings (SSSR count). The third-order valence-corrected chi connectivity index (χ3v) is 6.98. The maximum Gasteiger partial charge on any atom is 0.230 e. The van der Waals surface area contributed by atoms with Gasteiger partial charge in [0.1, 0.15) is 0 Å². The van der Waals surface area contributed by atoms with Crippen molar-refractivity contribution in [2.24, 2.45) is 23.5 Å². The molecule has 7 heteroatoms. The van der Waals surface area contributed by atoms with Gasteiger partial charge in [-0.3, -0.25) is 9.36 Å². The van der Waals surface area contributed by atoms with Crippen molar-refractivity contribution in [2.45, 2.75) is 56.0 Å². The molecule has 2 aromatic rings. The number of nitrogens with two attached hydrogens (primary N) is 1. The SMILES string of the molecule is C[C@H](Sc1nnc(-c2ccco2)n1[C@H](C)[C@H]1C[C@H]2CC[C@H]1C2)C(N)=O. The molecular weight excluding hydrogens is 336 g/mol. The summed E-state index contributed by atoms with van der Waals surface area (Å²) in [5, 5.41) is 9.12. The van der Waals surface area contributed by atoms with Crippen LogP contribution in [0.2, 0.25) is 0 Å². The number of hydrogen-bond acceptors (Lipinski definition) is 5. The number of carbonyl (C=O) groups excluding carboxylic acids is 1. The fourth-order valence-electron chi connectivity index (χ4n) is 4.59. The van der Waals surface area contributed by atoms with Crippen LogP contribution in [0.25, 0.3) is 11.6 Å². The lowest BCUT2D eigenvalue weighted by atomic mass is 9.84. The molecule has 5 atom stereocenters. The van der Waals surface area contributed by atoms with Crippen molar-refractivity contribution in [1.82, 2.24) is 14.8 Å². The van der Waals surface area contributed by atoms with Gasteiger partial charge in [0.15, 0.2) is 10.9 Å². The minimum atomic E-state index is -0.348. The van der Waals surface area contributed by atoms with Crippen LogP contribution in [0, 0.1) is 17.8 Å². The lowest BCUT2D eigenvalue weighted by Gasteiger charge is -2.30. The fraction of sp³-hybridized carbons (Fsp3) is 0.611. The van der Waals surface area contributed by atoms with Crippen LogP contribution in [-0.4, -0.2) is 25.9 Å². The monoisotopic (exact) mass is 360 g/mol. The molecule has 0 aliphatic heterocycles. The van der Waals surface area contributed by atoms with Crippen molar-refractivity contribution < 1.29 is 9.21 Å². The van der Waals surface area contributed by atoms with Gasteiger partial charge >= 0.3 is 0 Å². The lowest BCUT2D eigenvalue weighted by Crippen LogP contribution is -2.25. The van der Waals surface area contributed by atoms with Crippen LogP contribution in [0.4, 0.5) is 0 Å². The maximum atomic E-state index is 11.5. The number of hydrogen-bond donors (Lipinski definition) is 1. The Morgan fingerprint density at radius 1 is 1.36 bits per heavy atom. The average molecular weight is 360 g/mol. The predicted molar refractivity (Wildman–Crippen MR) is 95.9 cm³/mol. The Balaban J connectivity index is 1.69. The van der Waals surface area contributed by atoms with E-state index in [1.165, 1.54) is 37.4 Å². The van der Waals surface area contributed by atoms with Crippen LogP contribution in [0.5, 0.6) is 0 Å². The van der Waals surface area contributed by atoms with E-state index in [1.807, 2.05) is 12.1 Å². The van der Waals surface area contributed by atoms with E-state index in [0.29, 0.717) is 11.7 Å². The molecule has 0 saturated heterocycles. The molecule has 0 aromatic carbocycles. The average Bonchev–Trinajstić information content (AvgIpc) is 3.36. The fourth-order valence-corrected chi connectivity index (χ4v) is 5.48. The molecule has 2 aliphatic rings. The van der Waals surface area contributed by atoms with Gasteiger partial charge in [-0.1, -0.05) is 18.2 Å². The largest absolute Gasteiger partial charge is 0.461 e. The summed E-state index contributed by atoms with van der Waals surface area (Å²) in [5.41, 5.74) is 5.45. The highest BCUT2D eigenvalue weighted by Gasteiger charge is 2.43. The summed E-state index contributed by atoms with van der Waals surface area (Å²) in [4.78, 5) is 11.5. The van der Waals surface area contributed by atoms with E-state index in [9.17, 15) is 4.79 Å². The van der Waals surface area contributed by atoms with Crippen molar-refractivity contribution in [3.63, 3.8) is 0 Å². The van der Waals surface area contributed by atoms with Gasteiger partial charge in [0.25, 0.3) is 0 Å². The number of carbonyl (C=O) groups is 1. The number of fused-ring (bicyclic) bond motifs is 2. The second kappa shape index (κ2) is 6.52. The first kappa shape index (κ1) is 16.7. The van der Waals surface area contributed by atoms with Crippen LogP contribution in [0.15, 0.2) is 28.0 Å². The molecule has 0 radical (unpaired) electrons. The summed E-state index contributed by atoms with van der Waals surface area (Å²) < 4.78 is 7.74. The van der Waals surface area contributed by atoms with E-state index in [0.717, 1.165) is 22.8 Å². The number of amides is 1. The molecule has 2 aliphatic carbocycles. The van der Waals surface area contributed by atoms with E-state index in [2.05, 4.69) is 21.7 Å². The molecule has 2 N–H and O–H groups in total. The number of furan rings is 1. The Labute approximate surface area is 151 Å². The number of aromatic nitrogens is 3. The molecule has 0 spiro atoms. The summed E-state index contributed by atoms with van der Waals surface area (Å²) in [7, 11) is 0. The van der Waals surface area contributed by atoms with Crippen molar-refractivity contribution >= 4 is 17.7 Å². The van der Waals surface area contributed by atoms with Crippen molar-refractivity contribution in [3.05, 3.63) is 18.4 Å². The summed E-state index contributed by atoms with van der Waals surface area (Å²) in [6, 6.07) is 4.03. The first-order chi connectivity index (χ1) is 12.0. The third-order valence-electron chi connectivity index (χ3n) is 5.91. The van der Waals surface area contributed by atoms with Gasteiger partial charge in [0, 0.05) is 6.04 Å². The second-order valence-electron chi connectivity index (χ2n) is 7.40. The highest BCUT2D eigenvalue weighted by Crippen LogP contribution is 2.53. The highest BCUT2D eigenvalue weighted by molar-refractivity contribution is 8.00. The lowest BCUT2D eigenvalue weighted by molar-refractivity contribution is -0.117. The summed E-state index contributed by atoms with van der Waals surface area (Å²) in [6.45, 7) is 4.06. The van der Waals surface area contributed by atoms with Gasteiger partial charge in [-0.05, 0) is 63.0 Å². The number of rotatable bonds is 6. The van der Waals surface area contributed by atoms with Crippen LogP contribution in [0.1, 0.15) is 45.6 Å². The van der Waals surface area contributed by atoms with Gasteiger partial charge in [-0.2, -0.15) is 0 Å². The van der Waals surface area contributed by atoms with Crippen LogP contribution >= 0.6 is 11.8 Å². The van der Waals surface area contributed by atoms with Crippen molar-refractivity contribution in [3.8, 4) is 11.6 Å². The zero-order chi connectivity index (χ0) is 17.6. The van der Waals surface area contributed by atoms with Gasteiger partial charge in [0.05, 0.1) is 11.5 Å². The van der Waals surface area contributed by atoms with Gasteiger partial charge in [-0.25, -0.2) is 0 Å². The quantitative estimate of drug-likeness (QED) is 0.797. The molecule has 0 unspecified atom stereocenters.